The lowest BCUT2D eigenvalue weighted by molar-refractivity contribution is -0.137. The van der Waals surface area contributed by atoms with Crippen LogP contribution in [-0.4, -0.2) is 27.1 Å². The van der Waals surface area contributed by atoms with E-state index in [1.54, 1.807) is 0 Å². The molecule has 0 saturated carbocycles. The first-order chi connectivity index (χ1) is 9.83. The number of hydrogen-bond donors (Lipinski definition) is 0. The van der Waals surface area contributed by atoms with Crippen LogP contribution >= 0.6 is 0 Å². The highest BCUT2D eigenvalue weighted by Gasteiger charge is 2.31. The van der Waals surface area contributed by atoms with Gasteiger partial charge in [0, 0.05) is 12.5 Å². The van der Waals surface area contributed by atoms with Crippen molar-refractivity contribution in [2.45, 2.75) is 51.6 Å². The Morgan fingerprint density at radius 1 is 1.25 bits per heavy atom. The normalized spacial score (nSPS) is 24.6. The minimum absolute atomic E-state index is 0.211. The summed E-state index contributed by atoms with van der Waals surface area (Å²) in [6.07, 6.45) is 10.9. The Balaban J connectivity index is 1.54. The van der Waals surface area contributed by atoms with E-state index in [9.17, 15) is 4.79 Å². The van der Waals surface area contributed by atoms with Crippen LogP contribution in [0.4, 0.5) is 0 Å². The molecule has 0 saturated heterocycles. The molecule has 2 heterocycles. The first kappa shape index (κ1) is 12.2. The van der Waals surface area contributed by atoms with Gasteiger partial charge in [0.25, 0.3) is 0 Å². The van der Waals surface area contributed by atoms with Gasteiger partial charge >= 0.3 is 0 Å². The van der Waals surface area contributed by atoms with Gasteiger partial charge in [0.05, 0.1) is 24.5 Å². The Morgan fingerprint density at radius 3 is 3.05 bits per heavy atom. The molecule has 1 amide bonds. The second-order valence-corrected chi connectivity index (χ2v) is 6.19. The fourth-order valence-corrected chi connectivity index (χ4v) is 3.81. The van der Waals surface area contributed by atoms with Crippen molar-refractivity contribution in [3.63, 3.8) is 0 Å². The van der Waals surface area contributed by atoms with Crippen LogP contribution in [-0.2, 0) is 30.7 Å². The molecule has 4 nitrogen and oxygen atoms in total. The first-order valence-corrected chi connectivity index (χ1v) is 7.84. The fourth-order valence-electron chi connectivity index (χ4n) is 3.81. The van der Waals surface area contributed by atoms with Crippen molar-refractivity contribution in [3.8, 4) is 0 Å². The molecule has 3 aliphatic rings. The van der Waals surface area contributed by atoms with Gasteiger partial charge in [-0.15, -0.1) is 0 Å². The summed E-state index contributed by atoms with van der Waals surface area (Å²) in [5.41, 5.74) is 4.03. The van der Waals surface area contributed by atoms with Crippen LogP contribution in [0.2, 0.25) is 0 Å². The molecule has 0 spiro atoms. The third-order valence-corrected chi connectivity index (χ3v) is 4.94. The van der Waals surface area contributed by atoms with Crippen molar-refractivity contribution in [1.29, 1.82) is 0 Å². The molecule has 0 N–H and O–H groups in total. The van der Waals surface area contributed by atoms with E-state index in [4.69, 9.17) is 5.10 Å². The topological polar surface area (TPSA) is 38.1 Å². The summed E-state index contributed by atoms with van der Waals surface area (Å²) < 4.78 is 2.15. The maximum atomic E-state index is 12.6. The van der Waals surface area contributed by atoms with Crippen molar-refractivity contribution < 1.29 is 4.79 Å². The van der Waals surface area contributed by atoms with Crippen molar-refractivity contribution >= 4 is 5.91 Å². The van der Waals surface area contributed by atoms with Gasteiger partial charge in [-0.2, -0.15) is 5.10 Å². The van der Waals surface area contributed by atoms with Gasteiger partial charge in [0.2, 0.25) is 5.91 Å². The average molecular weight is 271 g/mol. The molecule has 1 aliphatic heterocycles. The number of carbonyl (C=O) groups excluding carboxylic acids is 1. The molecule has 4 heteroatoms. The standard InChI is InChI=1S/C16H21N3O/c20-16(12-5-2-1-3-6-12)18-9-10-19-15(11-18)13-7-4-8-14(13)17-19/h1-2,12H,3-11H2/t12-/m1/s1. The number of nitrogens with zero attached hydrogens (tertiary/aromatic N) is 3. The summed E-state index contributed by atoms with van der Waals surface area (Å²) in [4.78, 5) is 14.7. The van der Waals surface area contributed by atoms with Gasteiger partial charge in [0.1, 0.15) is 0 Å². The second-order valence-electron chi connectivity index (χ2n) is 6.19. The highest BCUT2D eigenvalue weighted by Crippen LogP contribution is 2.29. The zero-order valence-corrected chi connectivity index (χ0v) is 11.8. The zero-order valence-electron chi connectivity index (χ0n) is 11.8. The van der Waals surface area contributed by atoms with Gasteiger partial charge in [-0.3, -0.25) is 9.48 Å². The number of fused-ring (bicyclic) bond motifs is 3. The number of carbonyl (C=O) groups is 1. The van der Waals surface area contributed by atoms with Gasteiger partial charge in [-0.05, 0) is 44.1 Å². The van der Waals surface area contributed by atoms with Crippen LogP contribution in [0, 0.1) is 5.92 Å². The second kappa shape index (κ2) is 4.76. The van der Waals surface area contributed by atoms with E-state index in [1.165, 1.54) is 23.4 Å². The molecule has 0 bridgehead atoms. The lowest BCUT2D eigenvalue weighted by atomic mass is 9.93. The van der Waals surface area contributed by atoms with Crippen LogP contribution in [0.5, 0.6) is 0 Å². The van der Waals surface area contributed by atoms with Crippen molar-refractivity contribution in [1.82, 2.24) is 14.7 Å². The third kappa shape index (κ3) is 1.89. The summed E-state index contributed by atoms with van der Waals surface area (Å²) >= 11 is 0. The Kier molecular flexibility index (Phi) is 2.90. The Hall–Kier alpha value is -1.58. The van der Waals surface area contributed by atoms with Crippen LogP contribution in [0.15, 0.2) is 12.2 Å². The predicted octanol–water partition coefficient (Wildman–Crippen LogP) is 2.07. The van der Waals surface area contributed by atoms with E-state index in [0.29, 0.717) is 5.91 Å². The van der Waals surface area contributed by atoms with Crippen molar-refractivity contribution in [2.24, 2.45) is 5.92 Å². The van der Waals surface area contributed by atoms with E-state index >= 15 is 0 Å². The van der Waals surface area contributed by atoms with Crippen LogP contribution in [0.1, 0.15) is 42.6 Å². The van der Waals surface area contributed by atoms with E-state index in [0.717, 1.165) is 51.7 Å². The number of rotatable bonds is 1. The summed E-state index contributed by atoms with van der Waals surface area (Å²) in [6, 6.07) is 0. The molecule has 0 unspecified atom stereocenters. The fraction of sp³-hybridized carbons (Fsp3) is 0.625. The largest absolute Gasteiger partial charge is 0.335 e. The first-order valence-electron chi connectivity index (χ1n) is 7.84. The van der Waals surface area contributed by atoms with Gasteiger partial charge in [0.15, 0.2) is 0 Å². The number of allylic oxidation sites excluding steroid dienone is 2. The maximum Gasteiger partial charge on any atom is 0.226 e. The molecule has 0 radical (unpaired) electrons. The smallest absolute Gasteiger partial charge is 0.226 e. The van der Waals surface area contributed by atoms with Crippen molar-refractivity contribution in [3.05, 3.63) is 29.1 Å². The Morgan fingerprint density at radius 2 is 2.20 bits per heavy atom. The quantitative estimate of drug-likeness (QED) is 0.733. The Labute approximate surface area is 119 Å². The molecule has 1 atom stereocenters. The molecule has 106 valence electrons. The molecule has 20 heavy (non-hydrogen) atoms. The summed E-state index contributed by atoms with van der Waals surface area (Å²) in [5, 5.41) is 4.71. The molecule has 2 aliphatic carbocycles. The number of hydrogen-bond acceptors (Lipinski definition) is 2. The lowest BCUT2D eigenvalue weighted by Crippen LogP contribution is -2.42. The highest BCUT2D eigenvalue weighted by atomic mass is 16.2. The summed E-state index contributed by atoms with van der Waals surface area (Å²) in [6.45, 7) is 2.48. The molecule has 0 aromatic carbocycles. The average Bonchev–Trinajstić information content (AvgIpc) is 3.07. The monoisotopic (exact) mass is 271 g/mol. The van der Waals surface area contributed by atoms with Crippen molar-refractivity contribution in [2.75, 3.05) is 6.54 Å². The van der Waals surface area contributed by atoms with Crippen LogP contribution in [0.25, 0.3) is 0 Å². The minimum atomic E-state index is 0.211. The summed E-state index contributed by atoms with van der Waals surface area (Å²) in [7, 11) is 0. The molecule has 1 aromatic rings. The number of aryl methyl sites for hydroxylation is 1. The van der Waals surface area contributed by atoms with E-state index in [2.05, 4.69) is 21.7 Å². The minimum Gasteiger partial charge on any atom is -0.335 e. The third-order valence-electron chi connectivity index (χ3n) is 4.94. The maximum absolute atomic E-state index is 12.6. The zero-order chi connectivity index (χ0) is 13.5. The number of aromatic nitrogens is 2. The van der Waals surface area contributed by atoms with Crippen LogP contribution in [0.3, 0.4) is 0 Å². The SMILES string of the molecule is O=C([C@@H]1CC=CCC1)N1CCn2nc3c(c2C1)CCC3. The van der Waals surface area contributed by atoms with E-state index in [1.807, 2.05) is 0 Å². The molecule has 1 aromatic heterocycles. The van der Waals surface area contributed by atoms with Gasteiger partial charge < -0.3 is 4.90 Å². The molecular weight excluding hydrogens is 250 g/mol. The van der Waals surface area contributed by atoms with Crippen LogP contribution < -0.4 is 0 Å². The summed E-state index contributed by atoms with van der Waals surface area (Å²) in [5.74, 6) is 0.566. The predicted molar refractivity (Wildman–Crippen MR) is 76.2 cm³/mol. The molecular formula is C16H21N3O. The van der Waals surface area contributed by atoms with Gasteiger partial charge in [-0.1, -0.05) is 12.2 Å². The van der Waals surface area contributed by atoms with E-state index < -0.39 is 0 Å². The lowest BCUT2D eigenvalue weighted by Gasteiger charge is -2.32. The molecule has 4 rings (SSSR count). The Bertz CT molecular complexity index is 573. The highest BCUT2D eigenvalue weighted by molar-refractivity contribution is 5.79. The molecule has 0 fully saturated rings. The van der Waals surface area contributed by atoms with Gasteiger partial charge in [-0.25, -0.2) is 0 Å². The van der Waals surface area contributed by atoms with E-state index in [-0.39, 0.29) is 5.92 Å². The number of amides is 1.